The van der Waals surface area contributed by atoms with E-state index in [-0.39, 0.29) is 11.7 Å². The average Bonchev–Trinajstić information content (AvgIpc) is 3.04. The zero-order valence-electron chi connectivity index (χ0n) is 14.7. The van der Waals surface area contributed by atoms with Gasteiger partial charge in [0, 0.05) is 6.54 Å². The fourth-order valence-corrected chi connectivity index (χ4v) is 3.40. The Morgan fingerprint density at radius 1 is 1.31 bits per heavy atom. The van der Waals surface area contributed by atoms with E-state index in [9.17, 15) is 4.79 Å². The van der Waals surface area contributed by atoms with Crippen molar-refractivity contribution in [3.63, 3.8) is 0 Å². The monoisotopic (exact) mass is 368 g/mol. The van der Waals surface area contributed by atoms with Crippen LogP contribution in [-0.4, -0.2) is 34.5 Å². The fraction of sp³-hybridized carbons (Fsp3) is 0.211. The van der Waals surface area contributed by atoms with Crippen LogP contribution in [-0.2, 0) is 11.3 Å². The van der Waals surface area contributed by atoms with Crippen LogP contribution in [0, 0.1) is 0 Å². The molecule has 6 nitrogen and oxygen atoms in total. The van der Waals surface area contributed by atoms with Gasteiger partial charge in [-0.05, 0) is 36.8 Å². The number of carbonyl (C=O) groups is 1. The topological polar surface area (TPSA) is 68.5 Å². The minimum Gasteiger partial charge on any atom is -0.497 e. The van der Waals surface area contributed by atoms with Gasteiger partial charge in [-0.1, -0.05) is 36.0 Å². The van der Waals surface area contributed by atoms with Crippen molar-refractivity contribution in [1.29, 1.82) is 0 Å². The van der Waals surface area contributed by atoms with Crippen LogP contribution < -0.4 is 10.2 Å². The molecule has 0 bridgehead atoms. The predicted molar refractivity (Wildman–Crippen MR) is 105 cm³/mol. The van der Waals surface area contributed by atoms with Crippen molar-refractivity contribution < 1.29 is 9.53 Å². The summed E-state index contributed by atoms with van der Waals surface area (Å²) in [5, 5.41) is 4.83. The Labute approximate surface area is 156 Å². The Hall–Kier alpha value is -2.80. The molecule has 2 aromatic carbocycles. The molecule has 3 aromatic rings. The van der Waals surface area contributed by atoms with Gasteiger partial charge in [0.2, 0.25) is 0 Å². The highest BCUT2D eigenvalue weighted by Gasteiger charge is 2.11. The summed E-state index contributed by atoms with van der Waals surface area (Å²) in [7, 11) is 1.61. The van der Waals surface area contributed by atoms with Gasteiger partial charge in [0.15, 0.2) is 5.16 Å². The van der Waals surface area contributed by atoms with Crippen LogP contribution in [0.2, 0.25) is 0 Å². The molecule has 0 aliphatic carbocycles. The van der Waals surface area contributed by atoms with Crippen molar-refractivity contribution in [2.75, 3.05) is 12.9 Å². The Kier molecular flexibility index (Phi) is 5.91. The molecular formula is C19H20N4O2S. The molecule has 1 amide bonds. The molecule has 0 aliphatic rings. The number of imidazole rings is 1. The van der Waals surface area contributed by atoms with E-state index < -0.39 is 0 Å². The summed E-state index contributed by atoms with van der Waals surface area (Å²) in [4.78, 5) is 16.6. The first kappa shape index (κ1) is 18.0. The lowest BCUT2D eigenvalue weighted by molar-refractivity contribution is -0.118. The first-order chi connectivity index (χ1) is 12.7. The summed E-state index contributed by atoms with van der Waals surface area (Å²) < 4.78 is 7.26. The molecule has 0 aliphatic heterocycles. The smallest absolute Gasteiger partial charge is 0.250 e. The van der Waals surface area contributed by atoms with Gasteiger partial charge in [-0.2, -0.15) is 5.10 Å². The third kappa shape index (κ3) is 4.23. The largest absolute Gasteiger partial charge is 0.497 e. The Bertz CT molecular complexity index is 936. The molecule has 0 atom stereocenters. The minimum atomic E-state index is -0.177. The van der Waals surface area contributed by atoms with Crippen molar-refractivity contribution in [2.24, 2.45) is 5.10 Å². The van der Waals surface area contributed by atoms with Crippen molar-refractivity contribution in [1.82, 2.24) is 15.0 Å². The highest BCUT2D eigenvalue weighted by atomic mass is 32.2. The third-order valence-corrected chi connectivity index (χ3v) is 4.74. The van der Waals surface area contributed by atoms with E-state index >= 15 is 0 Å². The zero-order valence-corrected chi connectivity index (χ0v) is 15.5. The number of aryl methyl sites for hydroxylation is 1. The number of rotatable bonds is 7. The first-order valence-corrected chi connectivity index (χ1v) is 9.24. The van der Waals surface area contributed by atoms with Crippen molar-refractivity contribution in [3.8, 4) is 5.75 Å². The lowest BCUT2D eigenvalue weighted by Gasteiger charge is -2.05. The molecule has 0 fully saturated rings. The number of amides is 1. The van der Waals surface area contributed by atoms with Crippen LogP contribution in [0.5, 0.6) is 5.75 Å². The number of thioether (sulfide) groups is 1. The number of methoxy groups -OCH3 is 1. The average molecular weight is 368 g/mol. The van der Waals surface area contributed by atoms with Crippen LogP contribution in [0.25, 0.3) is 11.0 Å². The SMILES string of the molecule is CCn1c(SCC(=O)NN=Cc2cccc(OC)c2)nc2ccccc21. The summed E-state index contributed by atoms with van der Waals surface area (Å²) >= 11 is 1.40. The molecule has 3 rings (SSSR count). The number of nitrogens with one attached hydrogen (secondary N) is 1. The van der Waals surface area contributed by atoms with Crippen LogP contribution in [0.4, 0.5) is 0 Å². The number of benzene rings is 2. The maximum Gasteiger partial charge on any atom is 0.250 e. The number of nitrogens with zero attached hydrogens (tertiary/aromatic N) is 3. The third-order valence-electron chi connectivity index (χ3n) is 3.76. The Morgan fingerprint density at radius 2 is 2.15 bits per heavy atom. The molecule has 26 heavy (non-hydrogen) atoms. The molecule has 0 unspecified atom stereocenters. The van der Waals surface area contributed by atoms with E-state index in [1.54, 1.807) is 13.3 Å². The van der Waals surface area contributed by atoms with Gasteiger partial charge in [-0.15, -0.1) is 0 Å². The summed E-state index contributed by atoms with van der Waals surface area (Å²) in [6, 6.07) is 15.4. The molecule has 134 valence electrons. The van der Waals surface area contributed by atoms with Crippen molar-refractivity contribution in [3.05, 3.63) is 54.1 Å². The van der Waals surface area contributed by atoms with Crippen LogP contribution in [0.15, 0.2) is 58.8 Å². The molecule has 0 saturated heterocycles. The van der Waals surface area contributed by atoms with Crippen LogP contribution >= 0.6 is 11.8 Å². The maximum absolute atomic E-state index is 12.0. The number of ether oxygens (including phenoxy) is 1. The van der Waals surface area contributed by atoms with Crippen molar-refractivity contribution in [2.45, 2.75) is 18.6 Å². The van der Waals surface area contributed by atoms with E-state index in [0.717, 1.165) is 34.0 Å². The van der Waals surface area contributed by atoms with Gasteiger partial charge in [0.25, 0.3) is 5.91 Å². The van der Waals surface area contributed by atoms with Crippen molar-refractivity contribution >= 4 is 34.9 Å². The Balaban J connectivity index is 1.58. The fourth-order valence-electron chi connectivity index (χ4n) is 2.53. The summed E-state index contributed by atoms with van der Waals surface area (Å²) in [6.45, 7) is 2.87. The van der Waals surface area contributed by atoms with E-state index in [1.807, 2.05) is 48.5 Å². The molecule has 1 aromatic heterocycles. The quantitative estimate of drug-likeness (QED) is 0.395. The summed E-state index contributed by atoms with van der Waals surface area (Å²) in [6.07, 6.45) is 1.59. The normalized spacial score (nSPS) is 11.2. The second kappa shape index (κ2) is 8.53. The van der Waals surface area contributed by atoms with E-state index in [1.165, 1.54) is 11.8 Å². The van der Waals surface area contributed by atoms with Gasteiger partial charge in [0.1, 0.15) is 5.75 Å². The number of hydrazone groups is 1. The van der Waals surface area contributed by atoms with Gasteiger partial charge in [-0.3, -0.25) is 4.79 Å². The van der Waals surface area contributed by atoms with Crippen LogP contribution in [0.3, 0.4) is 0 Å². The van der Waals surface area contributed by atoms with Gasteiger partial charge in [-0.25, -0.2) is 10.4 Å². The highest BCUT2D eigenvalue weighted by Crippen LogP contribution is 2.23. The maximum atomic E-state index is 12.0. The molecule has 1 heterocycles. The first-order valence-electron chi connectivity index (χ1n) is 8.25. The van der Waals surface area contributed by atoms with E-state index in [0.29, 0.717) is 0 Å². The molecule has 7 heteroatoms. The number of aromatic nitrogens is 2. The number of hydrogen-bond acceptors (Lipinski definition) is 5. The Morgan fingerprint density at radius 3 is 2.96 bits per heavy atom. The predicted octanol–water partition coefficient (Wildman–Crippen LogP) is 3.31. The minimum absolute atomic E-state index is 0.177. The lowest BCUT2D eigenvalue weighted by atomic mass is 10.2. The highest BCUT2D eigenvalue weighted by molar-refractivity contribution is 7.99. The van der Waals surface area contributed by atoms with E-state index in [2.05, 4.69) is 27.0 Å². The molecular weight excluding hydrogens is 348 g/mol. The van der Waals surface area contributed by atoms with Gasteiger partial charge in [0.05, 0.1) is 30.1 Å². The van der Waals surface area contributed by atoms with E-state index in [4.69, 9.17) is 4.74 Å². The standard InChI is InChI=1S/C19H20N4O2S/c1-3-23-17-10-5-4-9-16(17)21-19(23)26-13-18(24)22-20-12-14-7-6-8-15(11-14)25-2/h4-12H,3,13H2,1-2H3,(H,22,24). The zero-order chi connectivity index (χ0) is 18.4. The second-order valence-corrected chi connectivity index (χ2v) is 6.43. The summed E-state index contributed by atoms with van der Waals surface area (Å²) in [5.74, 6) is 0.817. The molecule has 1 N–H and O–H groups in total. The molecule has 0 spiro atoms. The number of hydrogen-bond donors (Lipinski definition) is 1. The number of fused-ring (bicyclic) bond motifs is 1. The second-order valence-electron chi connectivity index (χ2n) is 5.49. The van der Waals surface area contributed by atoms with Crippen LogP contribution in [0.1, 0.15) is 12.5 Å². The number of carbonyl (C=O) groups excluding carboxylic acids is 1. The lowest BCUT2D eigenvalue weighted by Crippen LogP contribution is -2.20. The summed E-state index contributed by atoms with van der Waals surface area (Å²) in [5.41, 5.74) is 5.41. The number of para-hydroxylation sites is 2. The van der Waals surface area contributed by atoms with Gasteiger partial charge >= 0.3 is 0 Å². The molecule has 0 radical (unpaired) electrons. The molecule has 0 saturated carbocycles. The van der Waals surface area contributed by atoms with Gasteiger partial charge < -0.3 is 9.30 Å².